The Bertz CT molecular complexity index is 967. The summed E-state index contributed by atoms with van der Waals surface area (Å²) >= 11 is 5.88. The third-order valence-corrected chi connectivity index (χ3v) is 5.63. The number of rotatable bonds is 7. The molecule has 0 amide bonds. The van der Waals surface area contributed by atoms with Gasteiger partial charge < -0.3 is 10.0 Å². The lowest BCUT2D eigenvalue weighted by molar-refractivity contribution is -0.192. The molecule has 0 unspecified atom stereocenters. The van der Waals surface area contributed by atoms with Crippen molar-refractivity contribution in [3.05, 3.63) is 70.5 Å². The van der Waals surface area contributed by atoms with E-state index in [1.54, 1.807) is 24.3 Å². The van der Waals surface area contributed by atoms with Gasteiger partial charge in [0, 0.05) is 28.5 Å². The molecule has 1 saturated heterocycles. The van der Waals surface area contributed by atoms with Gasteiger partial charge in [-0.05, 0) is 87.4 Å². The van der Waals surface area contributed by atoms with Crippen LogP contribution in [0.4, 0.5) is 17.6 Å². The van der Waals surface area contributed by atoms with E-state index in [4.69, 9.17) is 21.5 Å². The molecule has 34 heavy (non-hydrogen) atoms. The van der Waals surface area contributed by atoms with E-state index in [0.29, 0.717) is 17.0 Å². The summed E-state index contributed by atoms with van der Waals surface area (Å²) in [7, 11) is 0. The van der Waals surface area contributed by atoms with Gasteiger partial charge in [0.05, 0.1) is 0 Å². The van der Waals surface area contributed by atoms with Gasteiger partial charge in [-0.2, -0.15) is 13.2 Å². The van der Waals surface area contributed by atoms with E-state index < -0.39 is 12.1 Å². The maximum atomic E-state index is 12.9. The summed E-state index contributed by atoms with van der Waals surface area (Å²) in [5, 5.41) is 7.76. The molecule has 1 heterocycles. The third kappa shape index (κ3) is 8.87. The van der Waals surface area contributed by atoms with Crippen LogP contribution in [0.3, 0.4) is 0 Å². The Balaban J connectivity index is 0.000000509. The van der Waals surface area contributed by atoms with Crippen molar-refractivity contribution in [2.24, 2.45) is 5.92 Å². The first-order valence-corrected chi connectivity index (χ1v) is 11.0. The van der Waals surface area contributed by atoms with Crippen molar-refractivity contribution >= 4 is 29.1 Å². The fraction of sp³-hybridized carbons (Fsp3) is 0.375. The van der Waals surface area contributed by atoms with Crippen molar-refractivity contribution in [1.29, 1.82) is 0 Å². The highest BCUT2D eigenvalue weighted by molar-refractivity contribution is 6.30. The minimum absolute atomic E-state index is 0.0443. The number of hydrogen-bond donors (Lipinski definition) is 1. The van der Waals surface area contributed by atoms with Crippen molar-refractivity contribution in [3.8, 4) is 0 Å². The monoisotopic (exact) mass is 501 g/mol. The number of nitrogens with zero attached hydrogens (tertiary/aromatic N) is 1. The fourth-order valence-corrected chi connectivity index (χ4v) is 3.64. The van der Waals surface area contributed by atoms with Gasteiger partial charge in [-0.25, -0.2) is 9.18 Å². The average molecular weight is 502 g/mol. The Hall–Kier alpha value is -2.78. The molecule has 1 N–H and O–H groups in total. The van der Waals surface area contributed by atoms with Gasteiger partial charge in [0.2, 0.25) is 0 Å². The predicted molar refractivity (Wildman–Crippen MR) is 119 cm³/mol. The minimum atomic E-state index is -5.08. The molecule has 1 aliphatic heterocycles. The zero-order chi connectivity index (χ0) is 25.3. The molecule has 2 aromatic carbocycles. The Labute approximate surface area is 199 Å². The summed E-state index contributed by atoms with van der Waals surface area (Å²) in [6, 6.07) is 12.8. The molecule has 3 rings (SSSR count). The van der Waals surface area contributed by atoms with E-state index >= 15 is 0 Å². The fourth-order valence-electron chi connectivity index (χ4n) is 3.51. The summed E-state index contributed by atoms with van der Waals surface area (Å²) in [5.41, 5.74) is 1.28. The lowest BCUT2D eigenvalue weighted by Gasteiger charge is -2.31. The van der Waals surface area contributed by atoms with E-state index in [1.807, 2.05) is 0 Å². The number of Topliss-reactive ketones (excluding diaryl/α,β-unsaturated/α-hetero) is 2. The van der Waals surface area contributed by atoms with Crippen LogP contribution in [0.2, 0.25) is 5.02 Å². The Morgan fingerprint density at radius 1 is 0.941 bits per heavy atom. The Morgan fingerprint density at radius 3 is 1.94 bits per heavy atom. The van der Waals surface area contributed by atoms with E-state index in [0.717, 1.165) is 44.5 Å². The summed E-state index contributed by atoms with van der Waals surface area (Å²) < 4.78 is 44.6. The van der Waals surface area contributed by atoms with Crippen LogP contribution in [-0.4, -0.2) is 53.4 Å². The quantitative estimate of drug-likeness (QED) is 0.391. The number of alkyl halides is 3. The van der Waals surface area contributed by atoms with Crippen LogP contribution < -0.4 is 0 Å². The van der Waals surface area contributed by atoms with Gasteiger partial charge in [-0.1, -0.05) is 11.6 Å². The second-order valence-electron chi connectivity index (χ2n) is 7.82. The number of likely N-dealkylation sites (tertiary alicyclic amines) is 1. The highest BCUT2D eigenvalue weighted by Crippen LogP contribution is 2.23. The first kappa shape index (κ1) is 27.5. The van der Waals surface area contributed by atoms with Gasteiger partial charge >= 0.3 is 12.1 Å². The maximum Gasteiger partial charge on any atom is 0.490 e. The molecule has 5 nitrogen and oxygen atoms in total. The van der Waals surface area contributed by atoms with Crippen LogP contribution in [-0.2, 0) is 4.79 Å². The van der Waals surface area contributed by atoms with Crippen LogP contribution in [0.25, 0.3) is 0 Å². The van der Waals surface area contributed by atoms with E-state index in [9.17, 15) is 27.2 Å². The normalized spacial score (nSPS) is 14.7. The van der Waals surface area contributed by atoms with Crippen molar-refractivity contribution in [3.63, 3.8) is 0 Å². The molecule has 1 aliphatic rings. The molecule has 0 atom stereocenters. The summed E-state index contributed by atoms with van der Waals surface area (Å²) in [5.74, 6) is -2.79. The molecule has 2 aromatic rings. The molecule has 1 fully saturated rings. The second-order valence-corrected chi connectivity index (χ2v) is 8.26. The predicted octanol–water partition coefficient (Wildman–Crippen LogP) is 5.67. The van der Waals surface area contributed by atoms with Crippen molar-refractivity contribution < 1.29 is 37.1 Å². The number of hydrogen-bond acceptors (Lipinski definition) is 4. The largest absolute Gasteiger partial charge is 0.490 e. The first-order valence-electron chi connectivity index (χ1n) is 10.6. The van der Waals surface area contributed by atoms with Gasteiger partial charge in [-0.3, -0.25) is 9.59 Å². The summed E-state index contributed by atoms with van der Waals surface area (Å²) in [4.78, 5) is 35.9. The van der Waals surface area contributed by atoms with Gasteiger partial charge in [0.25, 0.3) is 0 Å². The SMILES string of the molecule is O=C(CCCN1CCC(C(=O)c2ccc(Cl)cc2)CC1)c1ccc(F)cc1.O=C(O)C(F)(F)F. The van der Waals surface area contributed by atoms with Gasteiger partial charge in [-0.15, -0.1) is 0 Å². The number of halogens is 5. The second kappa shape index (κ2) is 12.6. The number of aliphatic carboxylic acids is 1. The zero-order valence-electron chi connectivity index (χ0n) is 18.2. The third-order valence-electron chi connectivity index (χ3n) is 5.37. The summed E-state index contributed by atoms with van der Waals surface area (Å²) in [6.07, 6.45) is -2.18. The average Bonchev–Trinajstić information content (AvgIpc) is 2.80. The molecule has 0 aromatic heterocycles. The van der Waals surface area contributed by atoms with Crippen molar-refractivity contribution in [2.45, 2.75) is 31.9 Å². The Morgan fingerprint density at radius 2 is 1.44 bits per heavy atom. The number of carboxylic acids is 1. The zero-order valence-corrected chi connectivity index (χ0v) is 18.9. The molecule has 184 valence electrons. The standard InChI is InChI=1S/C22H23ClFNO2.C2HF3O2/c23-19-7-3-17(4-8-19)22(27)18-11-14-25(15-12-18)13-1-2-21(26)16-5-9-20(24)10-6-16;3-2(4,5)1(6)7/h3-10,18H,1-2,11-15H2;(H,6,7). The lowest BCUT2D eigenvalue weighted by atomic mass is 9.89. The van der Waals surface area contributed by atoms with E-state index in [-0.39, 0.29) is 23.3 Å². The number of ketones is 2. The number of carbonyl (C=O) groups is 3. The number of carbonyl (C=O) groups excluding carboxylic acids is 2. The van der Waals surface area contributed by atoms with Gasteiger partial charge in [0.15, 0.2) is 11.6 Å². The number of benzene rings is 2. The molecule has 0 radical (unpaired) electrons. The highest BCUT2D eigenvalue weighted by Gasteiger charge is 2.38. The highest BCUT2D eigenvalue weighted by atomic mass is 35.5. The van der Waals surface area contributed by atoms with Crippen LogP contribution in [0.1, 0.15) is 46.4 Å². The molecule has 0 spiro atoms. The molecule has 0 aliphatic carbocycles. The molecular formula is C24H24ClF4NO4. The molecular weight excluding hydrogens is 478 g/mol. The molecule has 0 saturated carbocycles. The van der Waals surface area contributed by atoms with Crippen molar-refractivity contribution in [1.82, 2.24) is 4.90 Å². The smallest absolute Gasteiger partial charge is 0.475 e. The minimum Gasteiger partial charge on any atom is -0.475 e. The van der Waals surface area contributed by atoms with Gasteiger partial charge in [0.1, 0.15) is 5.82 Å². The topological polar surface area (TPSA) is 74.7 Å². The van der Waals surface area contributed by atoms with Crippen molar-refractivity contribution in [2.75, 3.05) is 19.6 Å². The number of carboxylic acid groups (broad SMARTS) is 1. The van der Waals surface area contributed by atoms with E-state index in [2.05, 4.69) is 4.90 Å². The molecule has 0 bridgehead atoms. The Kier molecular flexibility index (Phi) is 10.2. The maximum absolute atomic E-state index is 12.9. The summed E-state index contributed by atoms with van der Waals surface area (Å²) in [6.45, 7) is 2.58. The number of piperidine rings is 1. The van der Waals surface area contributed by atoms with Crippen LogP contribution in [0, 0.1) is 11.7 Å². The van der Waals surface area contributed by atoms with E-state index in [1.165, 1.54) is 24.3 Å². The van der Waals surface area contributed by atoms with Crippen LogP contribution >= 0.6 is 11.6 Å². The van der Waals surface area contributed by atoms with Crippen LogP contribution in [0.15, 0.2) is 48.5 Å². The molecule has 10 heteroatoms. The lowest BCUT2D eigenvalue weighted by Crippen LogP contribution is -2.37. The van der Waals surface area contributed by atoms with Crippen LogP contribution in [0.5, 0.6) is 0 Å². The first-order chi connectivity index (χ1) is 16.0.